The number of halogens is 2. The predicted octanol–water partition coefficient (Wildman–Crippen LogP) is 3.19. The van der Waals surface area contributed by atoms with E-state index in [0.29, 0.717) is 30.8 Å². The number of rotatable bonds is 4. The molecule has 2 aliphatic rings. The van der Waals surface area contributed by atoms with E-state index in [1.54, 1.807) is 9.47 Å². The van der Waals surface area contributed by atoms with Gasteiger partial charge < -0.3 is 9.47 Å². The van der Waals surface area contributed by atoms with Crippen molar-refractivity contribution < 1.29 is 22.0 Å². The van der Waals surface area contributed by atoms with Gasteiger partial charge in [0.1, 0.15) is 11.6 Å². The zero-order valence-electron chi connectivity index (χ0n) is 17.9. The molecule has 1 fully saturated rings. The average Bonchev–Trinajstić information content (AvgIpc) is 2.80. The Morgan fingerprint density at radius 2 is 1.71 bits per heavy atom. The van der Waals surface area contributed by atoms with Crippen LogP contribution in [0.3, 0.4) is 0 Å². The number of aromatic nitrogens is 1. The Morgan fingerprint density at radius 3 is 2.44 bits per heavy atom. The first-order chi connectivity index (χ1) is 16.2. The number of amides is 1. The van der Waals surface area contributed by atoms with Gasteiger partial charge in [-0.15, -0.1) is 0 Å². The minimum absolute atomic E-state index is 0.0171. The molecule has 1 N–H and O–H groups in total. The molecule has 1 amide bonds. The third kappa shape index (κ3) is 4.09. The van der Waals surface area contributed by atoms with Crippen molar-refractivity contribution in [3.8, 4) is 0 Å². The fourth-order valence-electron chi connectivity index (χ4n) is 4.88. The number of hydrogen-bond acceptors (Lipinski definition) is 4. The summed E-state index contributed by atoms with van der Waals surface area (Å²) in [5, 5.41) is 0. The molecule has 0 saturated carbocycles. The molecule has 176 valence electrons. The van der Waals surface area contributed by atoms with E-state index in [1.165, 1.54) is 48.5 Å². The van der Waals surface area contributed by atoms with Gasteiger partial charge in [0.2, 0.25) is 0 Å². The van der Waals surface area contributed by atoms with Gasteiger partial charge in [0.15, 0.2) is 0 Å². The van der Waals surface area contributed by atoms with Crippen molar-refractivity contribution in [2.45, 2.75) is 23.8 Å². The van der Waals surface area contributed by atoms with Crippen molar-refractivity contribution in [2.24, 2.45) is 5.92 Å². The zero-order chi connectivity index (χ0) is 24.0. The van der Waals surface area contributed by atoms with Crippen LogP contribution in [-0.2, 0) is 16.6 Å². The molecule has 1 aromatic heterocycles. The number of sulfonamides is 1. The fourth-order valence-corrected chi connectivity index (χ4v) is 5.99. The summed E-state index contributed by atoms with van der Waals surface area (Å²) in [5.74, 6) is -1.63. The number of nitrogens with one attached hydrogen (secondary N) is 1. The Kier molecular flexibility index (Phi) is 5.47. The number of carbonyl (C=O) groups excluding carboxylic acids is 1. The van der Waals surface area contributed by atoms with Gasteiger partial charge in [-0.1, -0.05) is 6.07 Å². The number of benzene rings is 2. The standard InChI is InChI=1S/C24H21F2N3O4S/c25-18-6-4-16(5-7-18)24(31)28-12-15-10-17(14-28)23-21(8-9-22(30)29(23)13-15)27-34(32,33)20-3-1-2-19(26)11-20/h1-9,11,15,17,27H,10,12-14H2. The van der Waals surface area contributed by atoms with E-state index >= 15 is 0 Å². The Morgan fingerprint density at radius 1 is 0.941 bits per heavy atom. The minimum Gasteiger partial charge on any atom is -0.338 e. The van der Waals surface area contributed by atoms with E-state index in [1.807, 2.05) is 0 Å². The third-order valence-electron chi connectivity index (χ3n) is 6.32. The van der Waals surface area contributed by atoms with Gasteiger partial charge in [0, 0.05) is 37.2 Å². The zero-order valence-corrected chi connectivity index (χ0v) is 18.8. The quantitative estimate of drug-likeness (QED) is 0.615. The van der Waals surface area contributed by atoms with Crippen molar-refractivity contribution >= 4 is 21.6 Å². The van der Waals surface area contributed by atoms with E-state index in [-0.39, 0.29) is 40.4 Å². The van der Waals surface area contributed by atoms with Gasteiger partial charge in [-0.25, -0.2) is 17.2 Å². The van der Waals surface area contributed by atoms with Crippen molar-refractivity contribution in [1.29, 1.82) is 0 Å². The molecule has 34 heavy (non-hydrogen) atoms. The predicted molar refractivity (Wildman–Crippen MR) is 121 cm³/mol. The van der Waals surface area contributed by atoms with E-state index < -0.39 is 21.7 Å². The number of carbonyl (C=O) groups is 1. The number of fused-ring (bicyclic) bond motifs is 4. The molecule has 2 atom stereocenters. The summed E-state index contributed by atoms with van der Waals surface area (Å²) in [4.78, 5) is 27.1. The highest BCUT2D eigenvalue weighted by atomic mass is 32.2. The Bertz CT molecular complexity index is 1440. The van der Waals surface area contributed by atoms with Gasteiger partial charge in [-0.2, -0.15) is 0 Å². The van der Waals surface area contributed by atoms with E-state index in [2.05, 4.69) is 4.72 Å². The lowest BCUT2D eigenvalue weighted by molar-refractivity contribution is 0.0595. The SMILES string of the molecule is O=C(c1ccc(F)cc1)N1CC2CC(C1)c1c(NS(=O)(=O)c3cccc(F)c3)ccc(=O)n1C2. The highest BCUT2D eigenvalue weighted by molar-refractivity contribution is 7.92. The van der Waals surface area contributed by atoms with Crippen LogP contribution in [0.4, 0.5) is 14.5 Å². The molecule has 0 radical (unpaired) electrons. The first-order valence-electron chi connectivity index (χ1n) is 10.8. The molecule has 1 saturated heterocycles. The summed E-state index contributed by atoms with van der Waals surface area (Å²) < 4.78 is 56.8. The van der Waals surface area contributed by atoms with Gasteiger partial charge in [0.25, 0.3) is 21.5 Å². The number of anilines is 1. The number of piperidine rings is 1. The lowest BCUT2D eigenvalue weighted by Crippen LogP contribution is -2.49. The second-order valence-corrected chi connectivity index (χ2v) is 10.3. The van der Waals surface area contributed by atoms with Crippen LogP contribution in [-0.4, -0.2) is 36.9 Å². The average molecular weight is 486 g/mol. The van der Waals surface area contributed by atoms with Crippen LogP contribution in [0, 0.1) is 17.6 Å². The Balaban J connectivity index is 1.48. The van der Waals surface area contributed by atoms with E-state index in [0.717, 1.165) is 12.1 Å². The van der Waals surface area contributed by atoms with Crippen molar-refractivity contribution in [3.05, 3.63) is 93.9 Å². The monoisotopic (exact) mass is 485 g/mol. The summed E-state index contributed by atoms with van der Waals surface area (Å²) in [6.45, 7) is 1.07. The van der Waals surface area contributed by atoms with Crippen LogP contribution in [0.15, 0.2) is 70.4 Å². The topological polar surface area (TPSA) is 88.5 Å². The lowest BCUT2D eigenvalue weighted by atomic mass is 9.82. The molecular weight excluding hydrogens is 464 g/mol. The first-order valence-corrected chi connectivity index (χ1v) is 12.3. The second kappa shape index (κ2) is 8.35. The molecule has 10 heteroatoms. The molecule has 2 bridgehead atoms. The maximum absolute atomic E-state index is 13.6. The molecule has 2 unspecified atom stereocenters. The largest absolute Gasteiger partial charge is 0.338 e. The van der Waals surface area contributed by atoms with Crippen LogP contribution in [0.2, 0.25) is 0 Å². The van der Waals surface area contributed by atoms with Crippen molar-refractivity contribution in [2.75, 3.05) is 17.8 Å². The normalized spacial score (nSPS) is 19.4. The molecule has 0 aliphatic carbocycles. The summed E-state index contributed by atoms with van der Waals surface area (Å²) in [6.07, 6.45) is 0.686. The van der Waals surface area contributed by atoms with E-state index in [4.69, 9.17) is 0 Å². The summed E-state index contributed by atoms with van der Waals surface area (Å²) >= 11 is 0. The van der Waals surface area contributed by atoms with Crippen molar-refractivity contribution in [1.82, 2.24) is 9.47 Å². The number of pyridine rings is 1. The molecule has 2 aliphatic heterocycles. The smallest absolute Gasteiger partial charge is 0.262 e. The van der Waals surface area contributed by atoms with Gasteiger partial charge in [0.05, 0.1) is 16.3 Å². The molecule has 3 heterocycles. The molecular formula is C24H21F2N3O4S. The van der Waals surface area contributed by atoms with Crippen LogP contribution < -0.4 is 10.3 Å². The molecule has 7 nitrogen and oxygen atoms in total. The molecule has 0 spiro atoms. The van der Waals surface area contributed by atoms with Crippen LogP contribution in [0.1, 0.15) is 28.4 Å². The fraction of sp³-hybridized carbons (Fsp3) is 0.250. The number of nitrogens with zero attached hydrogens (tertiary/aromatic N) is 2. The summed E-state index contributed by atoms with van der Waals surface area (Å²) in [5.41, 5.74) is 0.833. The Labute approximate surface area is 194 Å². The van der Waals surface area contributed by atoms with Crippen LogP contribution in [0.5, 0.6) is 0 Å². The molecule has 2 aromatic carbocycles. The van der Waals surface area contributed by atoms with Gasteiger partial charge in [-0.3, -0.25) is 14.3 Å². The first kappa shape index (κ1) is 22.3. The highest BCUT2D eigenvalue weighted by Crippen LogP contribution is 2.39. The Hall–Kier alpha value is -3.53. The van der Waals surface area contributed by atoms with Crippen LogP contribution >= 0.6 is 0 Å². The van der Waals surface area contributed by atoms with Gasteiger partial charge >= 0.3 is 0 Å². The third-order valence-corrected chi connectivity index (χ3v) is 7.68. The maximum atomic E-state index is 13.6. The number of hydrogen-bond donors (Lipinski definition) is 1. The van der Waals surface area contributed by atoms with Crippen LogP contribution in [0.25, 0.3) is 0 Å². The van der Waals surface area contributed by atoms with Gasteiger partial charge in [-0.05, 0) is 60.9 Å². The number of likely N-dealkylation sites (tertiary alicyclic amines) is 1. The van der Waals surface area contributed by atoms with E-state index in [9.17, 15) is 26.8 Å². The molecule has 3 aromatic rings. The maximum Gasteiger partial charge on any atom is 0.262 e. The highest BCUT2D eigenvalue weighted by Gasteiger charge is 2.38. The summed E-state index contributed by atoms with van der Waals surface area (Å²) in [6, 6.07) is 12.7. The van der Waals surface area contributed by atoms with Crippen molar-refractivity contribution in [3.63, 3.8) is 0 Å². The minimum atomic E-state index is -4.11. The lowest BCUT2D eigenvalue weighted by Gasteiger charge is -2.43. The second-order valence-electron chi connectivity index (χ2n) is 8.66. The summed E-state index contributed by atoms with van der Waals surface area (Å²) in [7, 11) is -4.11. The molecule has 5 rings (SSSR count).